The minimum Gasteiger partial charge on any atom is -0.393 e. The second kappa shape index (κ2) is 5.43. The molecule has 1 fully saturated rings. The Balaban J connectivity index is 1.74. The van der Waals surface area contributed by atoms with E-state index in [0.29, 0.717) is 6.04 Å². The summed E-state index contributed by atoms with van der Waals surface area (Å²) in [6.45, 7) is 0.947. The molecule has 0 amide bonds. The predicted octanol–water partition coefficient (Wildman–Crippen LogP) is 2.90. The molecule has 15 heavy (non-hydrogen) atoms. The van der Waals surface area contributed by atoms with E-state index in [9.17, 15) is 5.11 Å². The number of nitrogens with one attached hydrogen (secondary N) is 1. The van der Waals surface area contributed by atoms with Crippen molar-refractivity contribution in [2.45, 2.75) is 44.4 Å². The molecular weight excluding hydrogens is 274 g/mol. The molecule has 1 saturated carbocycles. The summed E-state index contributed by atoms with van der Waals surface area (Å²) in [7, 11) is 0. The Morgan fingerprint density at radius 3 is 2.73 bits per heavy atom. The van der Waals surface area contributed by atoms with E-state index >= 15 is 0 Å². The fourth-order valence-corrected chi connectivity index (χ4v) is 3.19. The highest BCUT2D eigenvalue weighted by molar-refractivity contribution is 9.11. The molecule has 1 aliphatic carbocycles. The van der Waals surface area contributed by atoms with Crippen LogP contribution in [0.25, 0.3) is 0 Å². The van der Waals surface area contributed by atoms with Crippen molar-refractivity contribution in [3.05, 3.63) is 20.8 Å². The first kappa shape index (κ1) is 11.6. The Kier molecular flexibility index (Phi) is 4.20. The molecule has 1 aliphatic rings. The molecule has 2 rings (SSSR count). The maximum absolute atomic E-state index is 9.38. The van der Waals surface area contributed by atoms with E-state index in [-0.39, 0.29) is 6.10 Å². The molecular formula is C11H16BrNOS. The highest BCUT2D eigenvalue weighted by Crippen LogP contribution is 2.22. The summed E-state index contributed by atoms with van der Waals surface area (Å²) in [5, 5.41) is 15.1. The normalized spacial score (nSPS) is 26.8. The zero-order valence-electron chi connectivity index (χ0n) is 8.58. The van der Waals surface area contributed by atoms with Gasteiger partial charge in [0, 0.05) is 12.6 Å². The molecule has 0 unspecified atom stereocenters. The molecule has 2 nitrogen and oxygen atoms in total. The third-order valence-corrected chi connectivity index (χ3v) is 4.47. The van der Waals surface area contributed by atoms with Crippen molar-refractivity contribution in [3.63, 3.8) is 0 Å². The molecule has 2 N–H and O–H groups in total. The van der Waals surface area contributed by atoms with Crippen molar-refractivity contribution >= 4 is 27.3 Å². The third-order valence-electron chi connectivity index (χ3n) is 2.91. The zero-order valence-corrected chi connectivity index (χ0v) is 11.0. The van der Waals surface area contributed by atoms with Gasteiger partial charge in [-0.1, -0.05) is 0 Å². The quantitative estimate of drug-likeness (QED) is 0.897. The molecule has 1 aromatic heterocycles. The summed E-state index contributed by atoms with van der Waals surface area (Å²) in [4.78, 5) is 0. The lowest BCUT2D eigenvalue weighted by Gasteiger charge is -2.26. The molecule has 0 saturated heterocycles. The standard InChI is InChI=1S/C11H16BrNOS/c12-11-5-8(7-15-11)6-13-9-1-3-10(14)4-2-9/h5,7,9-10,13-14H,1-4,6H2. The summed E-state index contributed by atoms with van der Waals surface area (Å²) in [5.74, 6) is 0. The van der Waals surface area contributed by atoms with Gasteiger partial charge in [0.15, 0.2) is 0 Å². The first-order valence-corrected chi connectivity index (χ1v) is 7.05. The van der Waals surface area contributed by atoms with Crippen molar-refractivity contribution in [3.8, 4) is 0 Å². The van der Waals surface area contributed by atoms with Crippen LogP contribution in [0.2, 0.25) is 0 Å². The highest BCUT2D eigenvalue weighted by Gasteiger charge is 2.18. The van der Waals surface area contributed by atoms with Gasteiger partial charge in [-0.15, -0.1) is 11.3 Å². The van der Waals surface area contributed by atoms with Crippen LogP contribution in [0.3, 0.4) is 0 Å². The van der Waals surface area contributed by atoms with E-state index in [1.165, 1.54) is 9.35 Å². The minimum atomic E-state index is -0.0571. The van der Waals surface area contributed by atoms with Gasteiger partial charge in [-0.05, 0) is 58.6 Å². The monoisotopic (exact) mass is 289 g/mol. The third kappa shape index (κ3) is 3.55. The number of hydrogen-bond acceptors (Lipinski definition) is 3. The second-order valence-corrected chi connectivity index (χ2v) is 6.44. The predicted molar refractivity (Wildman–Crippen MR) is 67.1 cm³/mol. The fourth-order valence-electron chi connectivity index (χ4n) is 1.98. The van der Waals surface area contributed by atoms with Crippen LogP contribution in [0.5, 0.6) is 0 Å². The largest absolute Gasteiger partial charge is 0.393 e. The van der Waals surface area contributed by atoms with Gasteiger partial charge in [0.25, 0.3) is 0 Å². The van der Waals surface area contributed by atoms with Crippen LogP contribution in [0.4, 0.5) is 0 Å². The number of halogens is 1. The van der Waals surface area contributed by atoms with Gasteiger partial charge in [-0.2, -0.15) is 0 Å². The Labute approximate surface area is 103 Å². The Hall–Kier alpha value is 0.100. The van der Waals surface area contributed by atoms with Crippen LogP contribution < -0.4 is 5.32 Å². The average molecular weight is 290 g/mol. The molecule has 0 radical (unpaired) electrons. The van der Waals surface area contributed by atoms with Crippen molar-refractivity contribution in [2.24, 2.45) is 0 Å². The van der Waals surface area contributed by atoms with E-state index in [0.717, 1.165) is 32.2 Å². The lowest BCUT2D eigenvalue weighted by Crippen LogP contribution is -2.33. The van der Waals surface area contributed by atoms with Crippen LogP contribution in [0.1, 0.15) is 31.2 Å². The number of aliphatic hydroxyl groups is 1. The highest BCUT2D eigenvalue weighted by atomic mass is 79.9. The van der Waals surface area contributed by atoms with Crippen LogP contribution in [0, 0.1) is 0 Å². The van der Waals surface area contributed by atoms with E-state index in [4.69, 9.17) is 0 Å². The topological polar surface area (TPSA) is 32.3 Å². The van der Waals surface area contributed by atoms with Crippen LogP contribution >= 0.6 is 27.3 Å². The number of thiophene rings is 1. The number of aliphatic hydroxyl groups excluding tert-OH is 1. The molecule has 0 bridgehead atoms. The maximum Gasteiger partial charge on any atom is 0.0701 e. The van der Waals surface area contributed by atoms with Crippen LogP contribution in [-0.4, -0.2) is 17.3 Å². The molecule has 84 valence electrons. The molecule has 0 spiro atoms. The van der Waals surface area contributed by atoms with Gasteiger partial charge in [0.1, 0.15) is 0 Å². The Morgan fingerprint density at radius 2 is 2.13 bits per heavy atom. The Bertz CT molecular complexity index is 307. The maximum atomic E-state index is 9.38. The molecule has 0 aliphatic heterocycles. The van der Waals surface area contributed by atoms with Crippen molar-refractivity contribution in [1.29, 1.82) is 0 Å². The van der Waals surface area contributed by atoms with Crippen molar-refractivity contribution < 1.29 is 5.11 Å². The van der Waals surface area contributed by atoms with Gasteiger partial charge >= 0.3 is 0 Å². The molecule has 0 atom stereocenters. The van der Waals surface area contributed by atoms with E-state index in [1.807, 2.05) is 0 Å². The molecule has 1 aromatic rings. The van der Waals surface area contributed by atoms with Gasteiger partial charge in [0.05, 0.1) is 9.89 Å². The Morgan fingerprint density at radius 1 is 1.40 bits per heavy atom. The first-order chi connectivity index (χ1) is 7.24. The van der Waals surface area contributed by atoms with Crippen molar-refractivity contribution in [1.82, 2.24) is 5.32 Å². The summed E-state index contributed by atoms with van der Waals surface area (Å²) in [6.07, 6.45) is 4.05. The summed E-state index contributed by atoms with van der Waals surface area (Å²) in [6, 6.07) is 2.75. The molecule has 0 aromatic carbocycles. The van der Waals surface area contributed by atoms with Crippen LogP contribution in [-0.2, 0) is 6.54 Å². The molecule has 4 heteroatoms. The lowest BCUT2D eigenvalue weighted by atomic mass is 9.93. The SMILES string of the molecule is OC1CCC(NCc2csc(Br)c2)CC1. The van der Waals surface area contributed by atoms with Gasteiger partial charge in [-0.3, -0.25) is 0 Å². The lowest BCUT2D eigenvalue weighted by molar-refractivity contribution is 0.116. The zero-order chi connectivity index (χ0) is 10.7. The molecule has 1 heterocycles. The van der Waals surface area contributed by atoms with E-state index in [2.05, 4.69) is 32.7 Å². The number of hydrogen-bond donors (Lipinski definition) is 2. The summed E-state index contributed by atoms with van der Waals surface area (Å²) >= 11 is 5.19. The number of rotatable bonds is 3. The minimum absolute atomic E-state index is 0.0571. The van der Waals surface area contributed by atoms with E-state index < -0.39 is 0 Å². The first-order valence-electron chi connectivity index (χ1n) is 5.38. The fraction of sp³-hybridized carbons (Fsp3) is 0.636. The average Bonchev–Trinajstić information content (AvgIpc) is 2.64. The van der Waals surface area contributed by atoms with Gasteiger partial charge in [-0.25, -0.2) is 0 Å². The van der Waals surface area contributed by atoms with Crippen LogP contribution in [0.15, 0.2) is 15.2 Å². The summed E-state index contributed by atoms with van der Waals surface area (Å²) < 4.78 is 1.19. The smallest absolute Gasteiger partial charge is 0.0701 e. The van der Waals surface area contributed by atoms with E-state index in [1.54, 1.807) is 11.3 Å². The van der Waals surface area contributed by atoms with Gasteiger partial charge < -0.3 is 10.4 Å². The second-order valence-electron chi connectivity index (χ2n) is 4.15. The summed E-state index contributed by atoms with van der Waals surface area (Å²) in [5.41, 5.74) is 1.35. The van der Waals surface area contributed by atoms with Gasteiger partial charge in [0.2, 0.25) is 0 Å². The van der Waals surface area contributed by atoms with Crippen molar-refractivity contribution in [2.75, 3.05) is 0 Å².